The van der Waals surface area contributed by atoms with E-state index in [9.17, 15) is 9.59 Å². The van der Waals surface area contributed by atoms with Gasteiger partial charge in [0, 0.05) is 18.9 Å². The number of hydrogen-bond acceptors (Lipinski definition) is 5. The molecule has 0 saturated heterocycles. The van der Waals surface area contributed by atoms with Crippen LogP contribution in [0.1, 0.15) is 10.5 Å². The Morgan fingerprint density at radius 2 is 2.04 bits per heavy atom. The largest absolute Gasteiger partial charge is 0.354 e. The molecule has 0 unspecified atom stereocenters. The summed E-state index contributed by atoms with van der Waals surface area (Å²) in [5.41, 5.74) is 1.77. The van der Waals surface area contributed by atoms with Crippen molar-refractivity contribution in [1.29, 1.82) is 5.26 Å². The van der Waals surface area contributed by atoms with Gasteiger partial charge in [0.15, 0.2) is 5.69 Å². The van der Waals surface area contributed by atoms with Crippen LogP contribution < -0.4 is 10.6 Å². The maximum atomic E-state index is 11.7. The van der Waals surface area contributed by atoms with Crippen LogP contribution in [0.25, 0.3) is 5.69 Å². The van der Waals surface area contributed by atoms with Gasteiger partial charge in [0.1, 0.15) is 0 Å². The van der Waals surface area contributed by atoms with E-state index >= 15 is 0 Å². The van der Waals surface area contributed by atoms with Gasteiger partial charge in [0.2, 0.25) is 5.91 Å². The maximum Gasteiger partial charge on any atom is 0.271 e. The Labute approximate surface area is 137 Å². The van der Waals surface area contributed by atoms with Gasteiger partial charge in [-0.2, -0.15) is 10.4 Å². The van der Waals surface area contributed by atoms with Crippen molar-refractivity contribution in [1.82, 2.24) is 15.1 Å². The highest BCUT2D eigenvalue weighted by Gasteiger charge is 2.08. The van der Waals surface area contributed by atoms with Crippen LogP contribution in [0.15, 0.2) is 36.5 Å². The van der Waals surface area contributed by atoms with Crippen LogP contribution in [0.4, 0.5) is 5.69 Å². The average molecular weight is 329 g/mol. The normalized spacial score (nSPS) is 9.91. The first-order valence-electron chi connectivity index (χ1n) is 6.77. The number of hydrogen-bond donors (Lipinski definition) is 2. The highest BCUT2D eigenvalue weighted by molar-refractivity contribution is 8.00. The van der Waals surface area contributed by atoms with Gasteiger partial charge in [-0.3, -0.25) is 9.59 Å². The quantitative estimate of drug-likeness (QED) is 0.781. The average Bonchev–Trinajstić information content (AvgIpc) is 3.05. The number of thioether (sulfide) groups is 1. The van der Waals surface area contributed by atoms with E-state index in [1.165, 1.54) is 11.8 Å². The molecule has 2 N–H and O–H groups in total. The molecular formula is C15H15N5O2S. The number of aromatic nitrogens is 2. The lowest BCUT2D eigenvalue weighted by Crippen LogP contribution is -2.18. The zero-order chi connectivity index (χ0) is 16.7. The molecule has 0 fully saturated rings. The molecule has 2 rings (SSSR count). The second kappa shape index (κ2) is 8.00. The van der Waals surface area contributed by atoms with Crippen LogP contribution in [0.2, 0.25) is 0 Å². The molecule has 0 aliphatic heterocycles. The second-order valence-corrected chi connectivity index (χ2v) is 5.46. The van der Waals surface area contributed by atoms with Gasteiger partial charge < -0.3 is 10.6 Å². The Morgan fingerprint density at radius 1 is 1.30 bits per heavy atom. The molecule has 0 aliphatic rings. The topological polar surface area (TPSA) is 99.8 Å². The van der Waals surface area contributed by atoms with Crippen molar-refractivity contribution < 1.29 is 9.59 Å². The number of anilines is 1. The van der Waals surface area contributed by atoms with Crippen LogP contribution in [-0.2, 0) is 4.79 Å². The fourth-order valence-electron chi connectivity index (χ4n) is 1.80. The van der Waals surface area contributed by atoms with Crippen molar-refractivity contribution in [2.75, 3.05) is 23.9 Å². The molecule has 1 aromatic heterocycles. The van der Waals surface area contributed by atoms with Gasteiger partial charge in [-0.1, -0.05) is 0 Å². The van der Waals surface area contributed by atoms with Crippen LogP contribution >= 0.6 is 11.8 Å². The molecule has 118 valence electrons. The van der Waals surface area contributed by atoms with Gasteiger partial charge >= 0.3 is 0 Å². The lowest BCUT2D eigenvalue weighted by atomic mass is 10.3. The predicted molar refractivity (Wildman–Crippen MR) is 88.5 cm³/mol. The predicted octanol–water partition coefficient (Wildman–Crippen LogP) is 1.43. The summed E-state index contributed by atoms with van der Waals surface area (Å²) in [6.45, 7) is 0. The minimum Gasteiger partial charge on any atom is -0.354 e. The van der Waals surface area contributed by atoms with Gasteiger partial charge in [-0.15, -0.1) is 11.8 Å². The number of carbonyl (C=O) groups excluding carboxylic acids is 2. The number of rotatable bonds is 6. The van der Waals surface area contributed by atoms with Crippen molar-refractivity contribution in [3.05, 3.63) is 42.2 Å². The molecule has 0 saturated carbocycles. The van der Waals surface area contributed by atoms with E-state index in [1.54, 1.807) is 48.3 Å². The van der Waals surface area contributed by atoms with Crippen LogP contribution in [-0.4, -0.2) is 40.1 Å². The summed E-state index contributed by atoms with van der Waals surface area (Å²) in [7, 11) is 1.55. The summed E-state index contributed by atoms with van der Waals surface area (Å²) < 4.78 is 1.58. The highest BCUT2D eigenvalue weighted by atomic mass is 32.2. The van der Waals surface area contributed by atoms with Crippen molar-refractivity contribution >= 4 is 29.3 Å². The molecule has 23 heavy (non-hydrogen) atoms. The fraction of sp³-hybridized carbons (Fsp3) is 0.200. The molecule has 0 radical (unpaired) electrons. The van der Waals surface area contributed by atoms with Crippen LogP contribution in [0, 0.1) is 11.3 Å². The van der Waals surface area contributed by atoms with Crippen LogP contribution in [0.3, 0.4) is 0 Å². The number of nitrogens with zero attached hydrogens (tertiary/aromatic N) is 3. The molecule has 7 nitrogen and oxygen atoms in total. The zero-order valence-electron chi connectivity index (χ0n) is 12.4. The second-order valence-electron chi connectivity index (χ2n) is 4.47. The first kappa shape index (κ1) is 16.6. The number of amides is 2. The van der Waals surface area contributed by atoms with E-state index in [2.05, 4.69) is 15.7 Å². The zero-order valence-corrected chi connectivity index (χ0v) is 13.3. The minimum atomic E-state index is -0.248. The monoisotopic (exact) mass is 329 g/mol. The van der Waals surface area contributed by atoms with E-state index in [1.807, 2.05) is 6.07 Å². The first-order chi connectivity index (χ1) is 11.1. The van der Waals surface area contributed by atoms with Crippen LogP contribution in [0.5, 0.6) is 0 Å². The summed E-state index contributed by atoms with van der Waals surface area (Å²) >= 11 is 1.26. The van der Waals surface area contributed by atoms with Crippen molar-refractivity contribution in [3.63, 3.8) is 0 Å². The van der Waals surface area contributed by atoms with E-state index in [0.717, 1.165) is 5.69 Å². The fourth-order valence-corrected chi connectivity index (χ4v) is 2.25. The molecule has 2 amide bonds. The Hall–Kier alpha value is -2.79. The molecule has 1 aromatic carbocycles. The first-order valence-corrected chi connectivity index (χ1v) is 7.92. The molecular weight excluding hydrogens is 314 g/mol. The summed E-state index contributed by atoms with van der Waals surface area (Å²) in [4.78, 5) is 23.1. The molecule has 0 atom stereocenters. The SMILES string of the molecule is CNC(=O)c1ccn(-c2ccc(NC(=O)CSCC#N)cc2)n1. The summed E-state index contributed by atoms with van der Waals surface area (Å²) in [5.74, 6) is 0.130. The molecule has 2 aromatic rings. The van der Waals surface area contributed by atoms with E-state index in [-0.39, 0.29) is 17.6 Å². The Balaban J connectivity index is 1.99. The maximum absolute atomic E-state index is 11.7. The molecule has 8 heteroatoms. The van der Waals surface area contributed by atoms with Gasteiger partial charge in [0.25, 0.3) is 5.91 Å². The standard InChI is InChI=1S/C15H15N5O2S/c1-17-15(22)13-6-8-20(19-13)12-4-2-11(3-5-12)18-14(21)10-23-9-7-16/h2-6,8H,9-10H2,1H3,(H,17,22)(H,18,21). The highest BCUT2D eigenvalue weighted by Crippen LogP contribution is 2.14. The van der Waals surface area contributed by atoms with E-state index < -0.39 is 0 Å². The van der Waals surface area contributed by atoms with Gasteiger partial charge in [-0.25, -0.2) is 4.68 Å². The third-order valence-corrected chi connectivity index (χ3v) is 3.66. The van der Waals surface area contributed by atoms with Gasteiger partial charge in [0.05, 0.1) is 23.3 Å². The molecule has 0 spiro atoms. The van der Waals surface area contributed by atoms with Crippen molar-refractivity contribution in [2.45, 2.75) is 0 Å². The molecule has 0 bridgehead atoms. The number of benzene rings is 1. The lowest BCUT2D eigenvalue weighted by molar-refractivity contribution is -0.113. The van der Waals surface area contributed by atoms with E-state index in [0.29, 0.717) is 17.1 Å². The smallest absolute Gasteiger partial charge is 0.271 e. The van der Waals surface area contributed by atoms with Crippen molar-refractivity contribution in [2.24, 2.45) is 0 Å². The molecule has 0 aliphatic carbocycles. The van der Waals surface area contributed by atoms with E-state index in [4.69, 9.17) is 5.26 Å². The molecule has 1 heterocycles. The third-order valence-electron chi connectivity index (χ3n) is 2.86. The summed E-state index contributed by atoms with van der Waals surface area (Å²) in [6, 6.07) is 10.7. The Morgan fingerprint density at radius 3 is 2.70 bits per heavy atom. The minimum absolute atomic E-state index is 0.154. The number of nitriles is 1. The summed E-state index contributed by atoms with van der Waals surface area (Å²) in [5, 5.41) is 17.9. The number of nitrogens with one attached hydrogen (secondary N) is 2. The third kappa shape index (κ3) is 4.59. The number of carbonyl (C=O) groups is 2. The van der Waals surface area contributed by atoms with Crippen molar-refractivity contribution in [3.8, 4) is 11.8 Å². The Bertz CT molecular complexity index is 733. The summed E-state index contributed by atoms with van der Waals surface area (Å²) in [6.07, 6.45) is 1.69. The van der Waals surface area contributed by atoms with Gasteiger partial charge in [-0.05, 0) is 30.3 Å². The lowest BCUT2D eigenvalue weighted by Gasteiger charge is -2.06. The Kier molecular flexibility index (Phi) is 5.77.